The molecule has 1 heterocycles. The summed E-state index contributed by atoms with van der Waals surface area (Å²) in [7, 11) is 0. The van der Waals surface area contributed by atoms with E-state index in [0.717, 1.165) is 64.6 Å². The monoisotopic (exact) mass is 305 g/mol. The predicted octanol–water partition coefficient (Wildman–Crippen LogP) is 2.60. The molecule has 0 bridgehead atoms. The molecule has 0 atom stereocenters. The van der Waals surface area contributed by atoms with Crippen LogP contribution in [0.2, 0.25) is 0 Å². The predicted molar refractivity (Wildman–Crippen MR) is 94.0 cm³/mol. The molecule has 4 nitrogen and oxygen atoms in total. The number of rotatable bonds is 9. The summed E-state index contributed by atoms with van der Waals surface area (Å²) in [4.78, 5) is 5.03. The van der Waals surface area contributed by atoms with Crippen molar-refractivity contribution in [1.82, 2.24) is 10.2 Å². The summed E-state index contributed by atoms with van der Waals surface area (Å²) in [5.74, 6) is 0.978. The first-order valence-corrected chi connectivity index (χ1v) is 8.74. The van der Waals surface area contributed by atoms with Crippen LogP contribution in [0.15, 0.2) is 24.3 Å². The molecule has 1 aromatic rings. The largest absolute Gasteiger partial charge is 0.494 e. The van der Waals surface area contributed by atoms with Gasteiger partial charge in [0.25, 0.3) is 0 Å². The van der Waals surface area contributed by atoms with Crippen molar-refractivity contribution in [2.24, 2.45) is 0 Å². The van der Waals surface area contributed by atoms with Gasteiger partial charge in [-0.05, 0) is 43.7 Å². The maximum atomic E-state index is 5.64. The van der Waals surface area contributed by atoms with Crippen molar-refractivity contribution in [3.05, 3.63) is 24.3 Å². The highest BCUT2D eigenvalue weighted by Gasteiger charge is 2.16. The van der Waals surface area contributed by atoms with Crippen molar-refractivity contribution in [3.8, 4) is 5.75 Å². The van der Waals surface area contributed by atoms with Gasteiger partial charge in [-0.15, -0.1) is 0 Å². The number of piperazine rings is 1. The molecule has 1 N–H and O–H groups in total. The molecule has 1 aliphatic rings. The molecule has 1 aliphatic heterocycles. The molecule has 0 radical (unpaired) electrons. The maximum Gasteiger partial charge on any atom is 0.119 e. The van der Waals surface area contributed by atoms with Gasteiger partial charge in [0.05, 0.1) is 6.61 Å². The molecule has 1 fully saturated rings. The van der Waals surface area contributed by atoms with E-state index >= 15 is 0 Å². The van der Waals surface area contributed by atoms with E-state index < -0.39 is 0 Å². The van der Waals surface area contributed by atoms with Gasteiger partial charge in [0, 0.05) is 45.0 Å². The average Bonchev–Trinajstić information content (AvgIpc) is 2.58. The van der Waals surface area contributed by atoms with Crippen LogP contribution < -0.4 is 15.0 Å². The van der Waals surface area contributed by atoms with Crippen molar-refractivity contribution >= 4 is 5.69 Å². The molecule has 22 heavy (non-hydrogen) atoms. The Balaban J connectivity index is 1.72. The van der Waals surface area contributed by atoms with Crippen molar-refractivity contribution in [1.29, 1.82) is 0 Å². The minimum Gasteiger partial charge on any atom is -0.494 e. The molecule has 1 saturated heterocycles. The van der Waals surface area contributed by atoms with Crippen LogP contribution in [0.4, 0.5) is 5.69 Å². The van der Waals surface area contributed by atoms with Crippen LogP contribution in [0, 0.1) is 0 Å². The Hall–Kier alpha value is -1.26. The van der Waals surface area contributed by atoms with Crippen molar-refractivity contribution in [2.75, 3.05) is 57.3 Å². The number of ether oxygens (including phenoxy) is 1. The van der Waals surface area contributed by atoms with Gasteiger partial charge < -0.3 is 15.0 Å². The van der Waals surface area contributed by atoms with Gasteiger partial charge >= 0.3 is 0 Å². The van der Waals surface area contributed by atoms with Crippen LogP contribution in [-0.2, 0) is 0 Å². The van der Waals surface area contributed by atoms with E-state index in [4.69, 9.17) is 4.74 Å². The molecule has 4 heteroatoms. The second-order valence-corrected chi connectivity index (χ2v) is 5.92. The zero-order valence-electron chi connectivity index (χ0n) is 14.2. The summed E-state index contributed by atoms with van der Waals surface area (Å²) >= 11 is 0. The standard InChI is InChI=1S/C18H31N3O/c1-3-9-19-10-11-20-12-14-21(15-13-20)17-5-7-18(8-6-17)22-16-4-2/h5-8,19H,3-4,9-16H2,1-2H3. The SMILES string of the molecule is CCCNCCN1CCN(c2ccc(OCCC)cc2)CC1. The van der Waals surface area contributed by atoms with Crippen LogP contribution in [0.5, 0.6) is 5.75 Å². The highest BCUT2D eigenvalue weighted by atomic mass is 16.5. The van der Waals surface area contributed by atoms with E-state index in [0.29, 0.717) is 0 Å². The fourth-order valence-corrected chi connectivity index (χ4v) is 2.74. The summed E-state index contributed by atoms with van der Waals surface area (Å²) in [5, 5.41) is 3.48. The summed E-state index contributed by atoms with van der Waals surface area (Å²) in [6, 6.07) is 8.55. The van der Waals surface area contributed by atoms with Gasteiger partial charge in [-0.1, -0.05) is 13.8 Å². The quantitative estimate of drug-likeness (QED) is 0.710. The smallest absolute Gasteiger partial charge is 0.119 e. The minimum absolute atomic E-state index is 0.796. The molecule has 1 aromatic carbocycles. The number of hydrogen-bond acceptors (Lipinski definition) is 4. The van der Waals surface area contributed by atoms with Gasteiger partial charge in [0.15, 0.2) is 0 Å². The second-order valence-electron chi connectivity index (χ2n) is 5.92. The molecular formula is C18H31N3O. The van der Waals surface area contributed by atoms with Gasteiger partial charge in [-0.2, -0.15) is 0 Å². The Labute approximate surface area is 135 Å². The molecule has 0 amide bonds. The Morgan fingerprint density at radius 1 is 0.955 bits per heavy atom. The fraction of sp³-hybridized carbons (Fsp3) is 0.667. The number of anilines is 1. The Bertz CT molecular complexity index is 399. The molecule has 124 valence electrons. The lowest BCUT2D eigenvalue weighted by molar-refractivity contribution is 0.258. The minimum atomic E-state index is 0.796. The average molecular weight is 305 g/mol. The number of nitrogens with one attached hydrogen (secondary N) is 1. The first kappa shape index (κ1) is 17.1. The van der Waals surface area contributed by atoms with Crippen LogP contribution in [0.25, 0.3) is 0 Å². The second kappa shape index (κ2) is 9.70. The van der Waals surface area contributed by atoms with Crippen LogP contribution in [0.3, 0.4) is 0 Å². The number of nitrogens with zero attached hydrogens (tertiary/aromatic N) is 2. The fourth-order valence-electron chi connectivity index (χ4n) is 2.74. The third-order valence-electron chi connectivity index (χ3n) is 4.08. The first-order chi connectivity index (χ1) is 10.8. The molecule has 0 spiro atoms. The maximum absolute atomic E-state index is 5.64. The van der Waals surface area contributed by atoms with E-state index in [1.54, 1.807) is 0 Å². The lowest BCUT2D eigenvalue weighted by Gasteiger charge is -2.36. The van der Waals surface area contributed by atoms with Crippen molar-refractivity contribution in [3.63, 3.8) is 0 Å². The van der Waals surface area contributed by atoms with Crippen LogP contribution in [0.1, 0.15) is 26.7 Å². The molecule has 0 saturated carbocycles. The Morgan fingerprint density at radius 3 is 2.32 bits per heavy atom. The molecule has 2 rings (SSSR count). The van der Waals surface area contributed by atoms with Crippen LogP contribution in [-0.4, -0.2) is 57.3 Å². The highest BCUT2D eigenvalue weighted by Crippen LogP contribution is 2.20. The van der Waals surface area contributed by atoms with E-state index in [2.05, 4.69) is 53.2 Å². The Morgan fingerprint density at radius 2 is 1.68 bits per heavy atom. The lowest BCUT2D eigenvalue weighted by Crippen LogP contribution is -2.48. The topological polar surface area (TPSA) is 27.7 Å². The number of hydrogen-bond donors (Lipinski definition) is 1. The van der Waals surface area contributed by atoms with E-state index in [-0.39, 0.29) is 0 Å². The Kier molecular flexibility index (Phi) is 7.54. The molecule has 0 aliphatic carbocycles. The third kappa shape index (κ3) is 5.50. The first-order valence-electron chi connectivity index (χ1n) is 8.74. The summed E-state index contributed by atoms with van der Waals surface area (Å²) in [5.41, 5.74) is 1.31. The van der Waals surface area contributed by atoms with E-state index in [1.165, 1.54) is 12.1 Å². The van der Waals surface area contributed by atoms with Gasteiger partial charge in [-0.25, -0.2) is 0 Å². The lowest BCUT2D eigenvalue weighted by atomic mass is 10.2. The van der Waals surface area contributed by atoms with E-state index in [1.807, 2.05) is 0 Å². The zero-order chi connectivity index (χ0) is 15.6. The number of benzene rings is 1. The summed E-state index contributed by atoms with van der Waals surface area (Å²) in [6.07, 6.45) is 2.27. The summed E-state index contributed by atoms with van der Waals surface area (Å²) in [6.45, 7) is 13.1. The van der Waals surface area contributed by atoms with Gasteiger partial charge in [0.2, 0.25) is 0 Å². The molecule has 0 unspecified atom stereocenters. The normalized spacial score (nSPS) is 16.0. The highest BCUT2D eigenvalue weighted by molar-refractivity contribution is 5.49. The van der Waals surface area contributed by atoms with Crippen molar-refractivity contribution < 1.29 is 4.74 Å². The van der Waals surface area contributed by atoms with Crippen molar-refractivity contribution in [2.45, 2.75) is 26.7 Å². The zero-order valence-corrected chi connectivity index (χ0v) is 14.2. The van der Waals surface area contributed by atoms with Gasteiger partial charge in [0.1, 0.15) is 5.75 Å². The van der Waals surface area contributed by atoms with Gasteiger partial charge in [-0.3, -0.25) is 4.90 Å². The molecule has 0 aromatic heterocycles. The van der Waals surface area contributed by atoms with Crippen LogP contribution >= 0.6 is 0 Å². The third-order valence-corrected chi connectivity index (χ3v) is 4.08. The molecular weight excluding hydrogens is 274 g/mol. The van der Waals surface area contributed by atoms with E-state index in [9.17, 15) is 0 Å². The summed E-state index contributed by atoms with van der Waals surface area (Å²) < 4.78 is 5.64.